The molecule has 0 aliphatic heterocycles. The third kappa shape index (κ3) is 37.8. The third-order valence-electron chi connectivity index (χ3n) is 9.56. The second kappa shape index (κ2) is 52.2. The maximum Gasteiger partial charge on any atom is 0 e. The molecule has 8 aromatic rings. The Morgan fingerprint density at radius 1 is 0.536 bits per heavy atom. The van der Waals surface area contributed by atoms with E-state index in [-0.39, 0.29) is 150 Å². The van der Waals surface area contributed by atoms with Crippen LogP contribution in [0.4, 0.5) is 0 Å². The SMILES string of the molecule is C.C.C.CC(=O)O.CC(=O)c1ccc(C)cc1.Cc1ccc(-c2cnnc(-c3cc[c-]cc3)n2)cc1.Cc1ccc(C(=O)/C=N/NC(=O)c2cc[c-]cc2)cc1.Cc1ccc(C(=O)C=O)cc1.N.NNC(=O)c1cc[c-]cc1.O=[Se]=O.[Y].[Y].[Y]. The van der Waals surface area contributed by atoms with Crippen molar-refractivity contribution in [2.75, 3.05) is 0 Å². The van der Waals surface area contributed by atoms with Crippen molar-refractivity contribution >= 4 is 62.5 Å². The smallest absolute Gasteiger partial charge is 0 e. The first-order chi connectivity index (χ1) is 36.9. The van der Waals surface area contributed by atoms with E-state index >= 15 is 0 Å². The Labute approximate surface area is 574 Å². The van der Waals surface area contributed by atoms with Crippen LogP contribution in [0.15, 0.2) is 181 Å². The van der Waals surface area contributed by atoms with Crippen molar-refractivity contribution in [3.05, 3.63) is 244 Å². The Balaban J connectivity index is -0.000000221. The fourth-order valence-electron chi connectivity index (χ4n) is 5.57. The summed E-state index contributed by atoms with van der Waals surface area (Å²) in [7, 11) is 0. The summed E-state index contributed by atoms with van der Waals surface area (Å²) < 4.78 is 16.9. The van der Waals surface area contributed by atoms with Crippen LogP contribution in [0.2, 0.25) is 0 Å². The number of carboxylic acids is 1. The molecule has 0 fully saturated rings. The van der Waals surface area contributed by atoms with E-state index in [0.29, 0.717) is 34.4 Å². The zero-order valence-electron chi connectivity index (χ0n) is 45.2. The van der Waals surface area contributed by atoms with E-state index < -0.39 is 26.6 Å². The standard InChI is InChI=1S/C16H12N3.C16H13N2O2.C9H8O2.C9H10O.C7H7N2O.C2H4O2.3CH4.H3N.O2Se.3Y/c1-12-7-9-13(10-8-12)15-11-17-19-16(18-15)14-5-3-2-4-6-14;1-12-7-9-13(10-8-12)15(19)11-17-18-16(20)14-5-3-2-4-6-14;1-7-2-4-8(5-3-7)9(11)6-10;1-7-3-5-9(6-4-7)8(2)10;8-9-7(10)6-4-2-1-3-5-6;1-2(3)4;;;;;1-3-2;;;/h3-11H,1H3;3-11H,1H3,(H,18,20);2-6H,1H3;3-6H,1-2H3;2-5H,8H2,(H,9,10);1H3,(H,3,4);3*1H4;1H3;;;;/q2*-1;;;-1;;;;;;;;;/b;17-11+;;;;;;;;;;;;. The van der Waals surface area contributed by atoms with Gasteiger partial charge in [0.25, 0.3) is 5.97 Å². The van der Waals surface area contributed by atoms with Gasteiger partial charge in [0.2, 0.25) is 23.4 Å². The van der Waals surface area contributed by atoms with Gasteiger partial charge in [0.05, 0.1) is 18.1 Å². The minimum absolute atomic E-state index is 0. The van der Waals surface area contributed by atoms with Crippen LogP contribution in [-0.4, -0.2) is 82.7 Å². The minimum Gasteiger partial charge on any atom is 0 e. The number of Topliss-reactive ketones (excluding diaryl/α,β-unsaturated/α-hetero) is 3. The Morgan fingerprint density at radius 3 is 1.25 bits per heavy atom. The molecule has 18 nitrogen and oxygen atoms in total. The molecule has 0 spiro atoms. The van der Waals surface area contributed by atoms with Gasteiger partial charge in [0, 0.05) is 127 Å². The molecule has 2 amide bonds. The van der Waals surface area contributed by atoms with Crippen LogP contribution in [0.3, 0.4) is 0 Å². The van der Waals surface area contributed by atoms with Crippen molar-refractivity contribution in [2.24, 2.45) is 10.9 Å². The molecule has 0 atom stereocenters. The molecule has 435 valence electrons. The van der Waals surface area contributed by atoms with Crippen molar-refractivity contribution in [1.82, 2.24) is 32.2 Å². The zero-order valence-corrected chi connectivity index (χ0v) is 55.5. The number of aryl methyl sites for hydroxylation is 4. The van der Waals surface area contributed by atoms with Gasteiger partial charge in [-0.3, -0.25) is 39.0 Å². The summed E-state index contributed by atoms with van der Waals surface area (Å²) in [4.78, 5) is 79.3. The predicted octanol–water partition coefficient (Wildman–Crippen LogP) is 10.9. The van der Waals surface area contributed by atoms with Crippen molar-refractivity contribution < 1.29 is 144 Å². The van der Waals surface area contributed by atoms with E-state index in [1.54, 1.807) is 98.0 Å². The van der Waals surface area contributed by atoms with Gasteiger partial charge in [0.15, 0.2) is 17.9 Å². The first kappa shape index (κ1) is 88.9. The van der Waals surface area contributed by atoms with Crippen LogP contribution in [0.5, 0.6) is 0 Å². The average Bonchev–Trinajstić information content (AvgIpc) is 3.45. The number of nitrogens with zero attached hydrogens (tertiary/aromatic N) is 4. The summed E-state index contributed by atoms with van der Waals surface area (Å²) in [6.45, 7) is 10.6. The van der Waals surface area contributed by atoms with Gasteiger partial charge >= 0.3 is 22.5 Å². The molecule has 3 radical (unpaired) electrons. The average molecular weight is 1430 g/mol. The molecule has 1 aromatic heterocycles. The fraction of sp³-hybridized carbons (Fsp3) is 0.145. The number of rotatable bonds is 10. The Kier molecular flexibility index (Phi) is 55.3. The van der Waals surface area contributed by atoms with Crippen LogP contribution >= 0.6 is 0 Å². The molecule has 7 aromatic carbocycles. The molecule has 84 heavy (non-hydrogen) atoms. The number of benzene rings is 7. The van der Waals surface area contributed by atoms with Crippen molar-refractivity contribution in [3.63, 3.8) is 0 Å². The van der Waals surface area contributed by atoms with Crippen molar-refractivity contribution in [2.45, 2.75) is 63.8 Å². The number of nitrogens with one attached hydrogen (secondary N) is 2. The monoisotopic (exact) mass is 1430 g/mol. The summed E-state index contributed by atoms with van der Waals surface area (Å²) in [5.41, 5.74) is 14.5. The zero-order chi connectivity index (χ0) is 57.0. The molecule has 1 heterocycles. The molecule has 0 aliphatic carbocycles. The summed E-state index contributed by atoms with van der Waals surface area (Å²) >= 11 is -1.62. The number of carbonyl (C=O) groups excluding carboxylic acids is 6. The van der Waals surface area contributed by atoms with Gasteiger partial charge in [0.1, 0.15) is 0 Å². The number of hydrazone groups is 1. The normalized spacial score (nSPS) is 8.65. The van der Waals surface area contributed by atoms with E-state index in [9.17, 15) is 28.8 Å². The number of carboxylic acid groups (broad SMARTS) is 1. The Bertz CT molecular complexity index is 3190. The summed E-state index contributed by atoms with van der Waals surface area (Å²) in [5, 5.41) is 19.2. The van der Waals surface area contributed by atoms with E-state index in [2.05, 4.69) is 63.0 Å². The number of amides is 2. The fourth-order valence-corrected chi connectivity index (χ4v) is 5.57. The van der Waals surface area contributed by atoms with E-state index in [4.69, 9.17) is 23.4 Å². The Hall–Kier alpha value is -6.34. The number of hydrogen-bond acceptors (Lipinski definition) is 15. The number of carbonyl (C=O) groups is 7. The van der Waals surface area contributed by atoms with Crippen LogP contribution in [0.1, 0.15) is 110 Å². The maximum atomic E-state index is 11.8. The maximum absolute atomic E-state index is 11.8. The molecule has 0 bridgehead atoms. The van der Waals surface area contributed by atoms with E-state index in [1.165, 1.54) is 11.1 Å². The van der Waals surface area contributed by atoms with Crippen LogP contribution in [0.25, 0.3) is 22.6 Å². The number of hydrogen-bond donors (Lipinski definition) is 5. The number of ketones is 3. The van der Waals surface area contributed by atoms with E-state index in [0.717, 1.165) is 46.6 Å². The topological polar surface area (TPSA) is 310 Å². The second-order valence-electron chi connectivity index (χ2n) is 15.7. The van der Waals surface area contributed by atoms with Gasteiger partial charge in [-0.2, -0.15) is 101 Å². The number of aliphatic carboxylic acids is 1. The van der Waals surface area contributed by atoms with Crippen molar-refractivity contribution in [1.29, 1.82) is 0 Å². The Morgan fingerprint density at radius 2 is 0.881 bits per heavy atom. The third-order valence-corrected chi connectivity index (χ3v) is 9.56. The molecule has 22 heteroatoms. The number of nitrogens with two attached hydrogens (primary N) is 1. The van der Waals surface area contributed by atoms with Crippen molar-refractivity contribution in [3.8, 4) is 22.6 Å². The first-order valence-electron chi connectivity index (χ1n) is 22.8. The minimum atomic E-state index is -1.62. The molecule has 0 saturated carbocycles. The number of aldehydes is 1. The van der Waals surface area contributed by atoms with Gasteiger partial charge in [-0.1, -0.05) is 158 Å². The van der Waals surface area contributed by atoms with Gasteiger partial charge in [-0.15, -0.1) is 5.10 Å². The van der Waals surface area contributed by atoms with E-state index in [1.807, 2.05) is 99.0 Å². The summed E-state index contributed by atoms with van der Waals surface area (Å²) in [6.07, 6.45) is 3.10. The number of nitrogen functional groups attached to an aromatic ring is 1. The number of hydrazine groups is 1. The number of aromatic nitrogens is 3. The first-order valence-corrected chi connectivity index (χ1v) is 24.2. The van der Waals surface area contributed by atoms with Crippen LogP contribution < -0.4 is 22.8 Å². The second-order valence-corrected chi connectivity index (χ2v) is 15.9. The predicted molar refractivity (Wildman–Crippen MR) is 316 cm³/mol. The summed E-state index contributed by atoms with van der Waals surface area (Å²) in [6, 6.07) is 59.0. The molecule has 0 unspecified atom stereocenters. The van der Waals surface area contributed by atoms with Gasteiger partial charge < -0.3 is 11.3 Å². The largest absolute Gasteiger partial charge is 0 e. The molecule has 8 N–H and O–H groups in total. The van der Waals surface area contributed by atoms with Crippen LogP contribution in [-0.2, 0) is 115 Å². The molecule has 0 saturated heterocycles. The molecule has 0 aliphatic rings. The molecule has 8 rings (SSSR count). The van der Waals surface area contributed by atoms with Gasteiger partial charge in [-0.25, -0.2) is 16.3 Å². The molecular weight excluding hydrogens is 1360 g/mol. The quantitative estimate of drug-likeness (QED) is 0.00978. The van der Waals surface area contributed by atoms with Crippen LogP contribution in [0, 0.1) is 45.9 Å². The molecular formula is C62H69N8O10SeY3-3. The van der Waals surface area contributed by atoms with Gasteiger partial charge in [-0.05, 0) is 34.6 Å². The summed E-state index contributed by atoms with van der Waals surface area (Å²) in [5.74, 6) is 3.44.